The zero-order valence-corrected chi connectivity index (χ0v) is 22.6. The minimum Gasteiger partial charge on any atom is -0.434 e. The van der Waals surface area contributed by atoms with Gasteiger partial charge in [0, 0.05) is 19.2 Å². The molecule has 0 radical (unpaired) electrons. The fourth-order valence-electron chi connectivity index (χ4n) is 4.71. The van der Waals surface area contributed by atoms with Crippen molar-refractivity contribution in [3.63, 3.8) is 0 Å². The highest BCUT2D eigenvalue weighted by Gasteiger charge is 2.27. The van der Waals surface area contributed by atoms with Crippen LogP contribution in [0, 0.1) is 17.3 Å². The Morgan fingerprint density at radius 2 is 1.94 bits per heavy atom. The summed E-state index contributed by atoms with van der Waals surface area (Å²) >= 11 is 6.71. The lowest BCUT2D eigenvalue weighted by molar-refractivity contribution is -0.0495. The van der Waals surface area contributed by atoms with Gasteiger partial charge in [-0.25, -0.2) is 0 Å². The van der Waals surface area contributed by atoms with Crippen LogP contribution in [0.15, 0.2) is 18.2 Å². The fraction of sp³-hybridized carbons (Fsp3) is 0.630. The number of halogens is 3. The maximum atomic E-state index is 13.4. The van der Waals surface area contributed by atoms with Crippen LogP contribution in [0.25, 0.3) is 11.3 Å². The molecule has 1 N–H and O–H groups in total. The number of hydrogen-bond donors (Lipinski definition) is 1. The van der Waals surface area contributed by atoms with Gasteiger partial charge in [0.15, 0.2) is 5.69 Å². The van der Waals surface area contributed by atoms with Crippen molar-refractivity contribution < 1.29 is 23.0 Å². The van der Waals surface area contributed by atoms with Crippen molar-refractivity contribution in [2.75, 3.05) is 20.3 Å². The molecule has 1 heterocycles. The molecule has 0 aliphatic heterocycles. The Morgan fingerprint density at radius 1 is 1.25 bits per heavy atom. The number of aromatic nitrogens is 2. The van der Waals surface area contributed by atoms with Crippen molar-refractivity contribution in [2.24, 2.45) is 17.3 Å². The molecule has 0 saturated heterocycles. The lowest BCUT2D eigenvalue weighted by Gasteiger charge is -2.26. The van der Waals surface area contributed by atoms with E-state index in [9.17, 15) is 13.6 Å². The molecule has 200 valence electrons. The minimum absolute atomic E-state index is 0.00417. The smallest absolute Gasteiger partial charge is 0.387 e. The average Bonchev–Trinajstić information content (AvgIpc) is 3.12. The maximum absolute atomic E-state index is 13.4. The van der Waals surface area contributed by atoms with Gasteiger partial charge in [-0.15, -0.1) is 0 Å². The van der Waals surface area contributed by atoms with E-state index in [1.165, 1.54) is 4.68 Å². The molecule has 1 fully saturated rings. The second-order valence-electron chi connectivity index (χ2n) is 11.0. The van der Waals surface area contributed by atoms with Gasteiger partial charge in [0.25, 0.3) is 5.91 Å². The molecule has 1 saturated carbocycles. The zero-order chi connectivity index (χ0) is 26.5. The number of nitrogens with one attached hydrogen (secondary N) is 1. The van der Waals surface area contributed by atoms with Crippen LogP contribution in [-0.4, -0.2) is 42.6 Å². The summed E-state index contributed by atoms with van der Waals surface area (Å²) < 4.78 is 38.4. The van der Waals surface area contributed by atoms with E-state index in [0.717, 1.165) is 37.2 Å². The van der Waals surface area contributed by atoms with E-state index in [1.807, 2.05) is 6.07 Å². The first-order valence-electron chi connectivity index (χ1n) is 12.6. The molecule has 9 heteroatoms. The number of hydrogen-bond acceptors (Lipinski definition) is 4. The number of carbonyl (C=O) groups excluding carboxylic acids is 1. The van der Waals surface area contributed by atoms with Gasteiger partial charge in [-0.1, -0.05) is 58.2 Å². The van der Waals surface area contributed by atoms with Gasteiger partial charge in [-0.05, 0) is 54.2 Å². The van der Waals surface area contributed by atoms with E-state index in [0.29, 0.717) is 36.7 Å². The SMILES string of the molecule is COCCn1nc(C(=O)NCC2CCC(C)CC2)c(Cl)c1-c1ccc(CC(C)(C)C)cc1OC(F)F. The van der Waals surface area contributed by atoms with Crippen LogP contribution >= 0.6 is 11.6 Å². The molecular formula is C27H38ClF2N3O3. The van der Waals surface area contributed by atoms with Crippen molar-refractivity contribution in [3.05, 3.63) is 34.5 Å². The molecule has 1 aliphatic rings. The normalized spacial score (nSPS) is 18.5. The van der Waals surface area contributed by atoms with E-state index in [-0.39, 0.29) is 34.3 Å². The predicted octanol–water partition coefficient (Wildman–Crippen LogP) is 6.60. The summed E-state index contributed by atoms with van der Waals surface area (Å²) in [4.78, 5) is 13.1. The second kappa shape index (κ2) is 12.4. The molecular weight excluding hydrogens is 488 g/mol. The molecule has 1 aliphatic carbocycles. The fourth-order valence-corrected chi connectivity index (χ4v) is 5.04. The van der Waals surface area contributed by atoms with Gasteiger partial charge < -0.3 is 14.8 Å². The molecule has 1 aromatic heterocycles. The quantitative estimate of drug-likeness (QED) is 0.379. The monoisotopic (exact) mass is 525 g/mol. The number of alkyl halides is 2. The number of benzene rings is 1. The Hall–Kier alpha value is -2.19. The Morgan fingerprint density at radius 3 is 2.56 bits per heavy atom. The second-order valence-corrected chi connectivity index (χ2v) is 11.4. The molecule has 2 aromatic rings. The molecule has 1 amide bonds. The summed E-state index contributed by atoms with van der Waals surface area (Å²) in [6.45, 7) is 6.62. The van der Waals surface area contributed by atoms with Crippen molar-refractivity contribution >= 4 is 17.5 Å². The molecule has 0 unspecified atom stereocenters. The number of carbonyl (C=O) groups is 1. The molecule has 0 spiro atoms. The van der Waals surface area contributed by atoms with Gasteiger partial charge in [0.2, 0.25) is 0 Å². The van der Waals surface area contributed by atoms with Crippen molar-refractivity contribution in [1.82, 2.24) is 15.1 Å². The minimum atomic E-state index is -3.01. The third-order valence-electron chi connectivity index (χ3n) is 6.56. The summed E-state index contributed by atoms with van der Waals surface area (Å²) in [5.41, 5.74) is 1.59. The first-order chi connectivity index (χ1) is 17.0. The first kappa shape index (κ1) is 28.4. The largest absolute Gasteiger partial charge is 0.434 e. The summed E-state index contributed by atoms with van der Waals surface area (Å²) in [5.74, 6) is 0.775. The number of methoxy groups -OCH3 is 1. The lowest BCUT2D eigenvalue weighted by atomic mass is 9.83. The third kappa shape index (κ3) is 7.65. The highest BCUT2D eigenvalue weighted by atomic mass is 35.5. The number of ether oxygens (including phenoxy) is 2. The summed E-state index contributed by atoms with van der Waals surface area (Å²) in [6, 6.07) is 5.18. The molecule has 0 atom stereocenters. The molecule has 0 bridgehead atoms. The molecule has 36 heavy (non-hydrogen) atoms. The maximum Gasteiger partial charge on any atom is 0.387 e. The summed E-state index contributed by atoms with van der Waals surface area (Å²) in [5, 5.41) is 7.52. The van der Waals surface area contributed by atoms with Crippen LogP contribution in [0.5, 0.6) is 5.75 Å². The number of rotatable bonds is 10. The van der Waals surface area contributed by atoms with Crippen molar-refractivity contribution in [2.45, 2.75) is 73.0 Å². The number of amides is 1. The Bertz CT molecular complexity index is 1030. The molecule has 6 nitrogen and oxygen atoms in total. The van der Waals surface area contributed by atoms with Crippen LogP contribution in [0.2, 0.25) is 5.02 Å². The number of nitrogens with zero attached hydrogens (tertiary/aromatic N) is 2. The van der Waals surface area contributed by atoms with E-state index >= 15 is 0 Å². The molecule has 1 aromatic carbocycles. The van der Waals surface area contributed by atoms with E-state index in [4.69, 9.17) is 21.1 Å². The van der Waals surface area contributed by atoms with Gasteiger partial charge in [0.1, 0.15) is 5.75 Å². The van der Waals surface area contributed by atoms with Crippen LogP contribution in [0.1, 0.15) is 69.4 Å². The summed E-state index contributed by atoms with van der Waals surface area (Å²) in [7, 11) is 1.55. The van der Waals surface area contributed by atoms with Gasteiger partial charge in [0.05, 0.1) is 23.9 Å². The van der Waals surface area contributed by atoms with Crippen LogP contribution in [-0.2, 0) is 17.7 Å². The van der Waals surface area contributed by atoms with E-state index < -0.39 is 6.61 Å². The Balaban J connectivity index is 1.94. The Kier molecular flexibility index (Phi) is 9.75. The van der Waals surface area contributed by atoms with Crippen LogP contribution in [0.4, 0.5) is 8.78 Å². The molecule has 3 rings (SSSR count). The van der Waals surface area contributed by atoms with E-state index in [1.54, 1.807) is 19.2 Å². The summed E-state index contributed by atoms with van der Waals surface area (Å²) in [6.07, 6.45) is 5.16. The Labute approximate surface area is 217 Å². The standard InChI is InChI=1S/C27H38ClF2N3O3/c1-17-6-8-18(9-7-17)16-31-25(34)23-22(28)24(33(32-23)12-13-35-5)20-11-10-19(15-27(2,3)4)14-21(20)36-26(29)30/h10-11,14,17-18,26H,6-9,12-13,15-16H2,1-5H3,(H,31,34). The van der Waals surface area contributed by atoms with Gasteiger partial charge >= 0.3 is 6.61 Å². The zero-order valence-electron chi connectivity index (χ0n) is 21.9. The van der Waals surface area contributed by atoms with Crippen LogP contribution in [0.3, 0.4) is 0 Å². The van der Waals surface area contributed by atoms with Crippen LogP contribution < -0.4 is 10.1 Å². The average molecular weight is 526 g/mol. The predicted molar refractivity (Wildman–Crippen MR) is 138 cm³/mol. The van der Waals surface area contributed by atoms with Gasteiger partial charge in [-0.3, -0.25) is 9.48 Å². The van der Waals surface area contributed by atoms with Crippen molar-refractivity contribution in [1.29, 1.82) is 0 Å². The topological polar surface area (TPSA) is 65.4 Å². The third-order valence-corrected chi connectivity index (χ3v) is 6.91. The van der Waals surface area contributed by atoms with Gasteiger partial charge in [-0.2, -0.15) is 13.9 Å². The van der Waals surface area contributed by atoms with Crippen molar-refractivity contribution in [3.8, 4) is 17.0 Å². The lowest BCUT2D eigenvalue weighted by Crippen LogP contribution is -2.31. The first-order valence-corrected chi connectivity index (χ1v) is 13.0. The highest BCUT2D eigenvalue weighted by molar-refractivity contribution is 6.36. The van der Waals surface area contributed by atoms with E-state index in [2.05, 4.69) is 38.1 Å². The highest BCUT2D eigenvalue weighted by Crippen LogP contribution is 2.39.